The third-order valence-corrected chi connectivity index (χ3v) is 5.30. The summed E-state index contributed by atoms with van der Waals surface area (Å²) in [5.41, 5.74) is 2.91. The summed E-state index contributed by atoms with van der Waals surface area (Å²) in [6, 6.07) is 12.7. The Morgan fingerprint density at radius 2 is 1.79 bits per heavy atom. The molecule has 0 saturated carbocycles. The molecule has 2 amide bonds. The lowest BCUT2D eigenvalue weighted by molar-refractivity contribution is -0.135. The lowest BCUT2D eigenvalue weighted by atomic mass is 9.97. The van der Waals surface area contributed by atoms with Crippen molar-refractivity contribution >= 4 is 11.8 Å². The Labute approximate surface area is 164 Å². The number of carbonyl (C=O) groups is 2. The van der Waals surface area contributed by atoms with E-state index in [0.717, 1.165) is 6.42 Å². The molecule has 2 aromatic rings. The fourth-order valence-electron chi connectivity index (χ4n) is 3.66. The first-order valence-corrected chi connectivity index (χ1v) is 9.59. The van der Waals surface area contributed by atoms with E-state index in [2.05, 4.69) is 17.4 Å². The third kappa shape index (κ3) is 3.54. The molecule has 28 heavy (non-hydrogen) atoms. The molecular weight excluding hydrogens is 356 g/mol. The molecule has 2 aliphatic heterocycles. The minimum absolute atomic E-state index is 0.0253. The maximum Gasteiger partial charge on any atom is 0.252 e. The Bertz CT molecular complexity index is 909. The van der Waals surface area contributed by atoms with Crippen LogP contribution in [0.3, 0.4) is 0 Å². The summed E-state index contributed by atoms with van der Waals surface area (Å²) in [5, 5.41) is 2.92. The van der Waals surface area contributed by atoms with E-state index in [1.54, 1.807) is 18.2 Å². The smallest absolute Gasteiger partial charge is 0.252 e. The fraction of sp³-hybridized carbons (Fsp3) is 0.364. The number of nitrogens with zero attached hydrogens (tertiary/aromatic N) is 1. The molecule has 1 atom stereocenters. The van der Waals surface area contributed by atoms with Gasteiger partial charge in [-0.05, 0) is 41.7 Å². The highest BCUT2D eigenvalue weighted by Crippen LogP contribution is 2.32. The lowest BCUT2D eigenvalue weighted by Gasteiger charge is -2.33. The second kappa shape index (κ2) is 7.54. The van der Waals surface area contributed by atoms with Crippen molar-refractivity contribution < 1.29 is 19.1 Å². The lowest BCUT2D eigenvalue weighted by Crippen LogP contribution is -2.52. The highest BCUT2D eigenvalue weighted by Gasteiger charge is 2.31. The van der Waals surface area contributed by atoms with Crippen LogP contribution >= 0.6 is 0 Å². The second-order valence-electron chi connectivity index (χ2n) is 7.54. The zero-order valence-corrected chi connectivity index (χ0v) is 16.1. The standard InChI is InChI=1S/C22H24N2O4/c1-14(2)20(22(26)24-10-9-15-5-3-4-6-17(15)12-24)23-21(25)16-7-8-18-19(11-16)28-13-27-18/h3-8,11,14,20H,9-10,12-13H2,1-2H3,(H,23,25)/t20-/m0/s1. The summed E-state index contributed by atoms with van der Waals surface area (Å²) < 4.78 is 10.6. The average molecular weight is 380 g/mol. The summed E-state index contributed by atoms with van der Waals surface area (Å²) in [4.78, 5) is 27.8. The summed E-state index contributed by atoms with van der Waals surface area (Å²) in [6.45, 7) is 5.29. The van der Waals surface area contributed by atoms with E-state index in [1.165, 1.54) is 11.1 Å². The highest BCUT2D eigenvalue weighted by atomic mass is 16.7. The number of carbonyl (C=O) groups excluding carboxylic acids is 2. The molecule has 2 aromatic carbocycles. The van der Waals surface area contributed by atoms with E-state index in [-0.39, 0.29) is 24.5 Å². The van der Waals surface area contributed by atoms with Crippen LogP contribution in [-0.2, 0) is 17.8 Å². The van der Waals surface area contributed by atoms with Gasteiger partial charge in [0.15, 0.2) is 11.5 Å². The Kier molecular flexibility index (Phi) is 4.94. The predicted octanol–water partition coefficient (Wildman–Crippen LogP) is 2.75. The molecule has 0 saturated heterocycles. The van der Waals surface area contributed by atoms with Crippen LogP contribution in [0.25, 0.3) is 0 Å². The normalized spacial score (nSPS) is 15.9. The molecule has 0 spiro atoms. The minimum atomic E-state index is -0.580. The molecule has 2 heterocycles. The third-order valence-electron chi connectivity index (χ3n) is 5.30. The maximum atomic E-state index is 13.2. The zero-order valence-electron chi connectivity index (χ0n) is 16.1. The van der Waals surface area contributed by atoms with E-state index < -0.39 is 6.04 Å². The number of rotatable bonds is 4. The van der Waals surface area contributed by atoms with Crippen LogP contribution in [0.4, 0.5) is 0 Å². The molecule has 146 valence electrons. The van der Waals surface area contributed by atoms with E-state index >= 15 is 0 Å². The van der Waals surface area contributed by atoms with Crippen molar-refractivity contribution in [2.24, 2.45) is 5.92 Å². The van der Waals surface area contributed by atoms with Crippen molar-refractivity contribution in [3.63, 3.8) is 0 Å². The van der Waals surface area contributed by atoms with Crippen LogP contribution < -0.4 is 14.8 Å². The topological polar surface area (TPSA) is 67.9 Å². The van der Waals surface area contributed by atoms with Crippen molar-refractivity contribution in [2.75, 3.05) is 13.3 Å². The first kappa shape index (κ1) is 18.3. The summed E-state index contributed by atoms with van der Waals surface area (Å²) >= 11 is 0. The Morgan fingerprint density at radius 3 is 2.57 bits per heavy atom. The fourth-order valence-corrected chi connectivity index (χ4v) is 3.66. The quantitative estimate of drug-likeness (QED) is 0.886. The molecule has 2 aliphatic rings. The summed E-state index contributed by atoms with van der Waals surface area (Å²) in [7, 11) is 0. The number of benzene rings is 2. The number of amides is 2. The molecule has 0 bridgehead atoms. The predicted molar refractivity (Wildman–Crippen MR) is 104 cm³/mol. The molecule has 0 radical (unpaired) electrons. The number of hydrogen-bond acceptors (Lipinski definition) is 4. The van der Waals surface area contributed by atoms with Crippen molar-refractivity contribution in [3.05, 3.63) is 59.2 Å². The Balaban J connectivity index is 1.48. The number of hydrogen-bond donors (Lipinski definition) is 1. The van der Waals surface area contributed by atoms with Crippen LogP contribution in [0, 0.1) is 5.92 Å². The van der Waals surface area contributed by atoms with Crippen molar-refractivity contribution in [3.8, 4) is 11.5 Å². The maximum absolute atomic E-state index is 13.2. The monoisotopic (exact) mass is 380 g/mol. The van der Waals surface area contributed by atoms with E-state index in [4.69, 9.17) is 9.47 Å². The van der Waals surface area contributed by atoms with Gasteiger partial charge in [0.1, 0.15) is 6.04 Å². The Morgan fingerprint density at radius 1 is 1.04 bits per heavy atom. The number of fused-ring (bicyclic) bond motifs is 2. The molecular formula is C22H24N2O4. The molecule has 1 N–H and O–H groups in total. The Hall–Kier alpha value is -3.02. The van der Waals surface area contributed by atoms with Gasteiger partial charge in [0.2, 0.25) is 12.7 Å². The molecule has 6 nitrogen and oxygen atoms in total. The highest BCUT2D eigenvalue weighted by molar-refractivity contribution is 5.98. The zero-order chi connectivity index (χ0) is 19.7. The summed E-state index contributed by atoms with van der Waals surface area (Å²) in [5.74, 6) is 0.816. The first-order chi connectivity index (χ1) is 13.5. The van der Waals surface area contributed by atoms with Gasteiger partial charge < -0.3 is 19.7 Å². The van der Waals surface area contributed by atoms with Gasteiger partial charge in [-0.3, -0.25) is 9.59 Å². The molecule has 0 unspecified atom stereocenters. The van der Waals surface area contributed by atoms with E-state index in [1.807, 2.05) is 30.9 Å². The van der Waals surface area contributed by atoms with Gasteiger partial charge >= 0.3 is 0 Å². The van der Waals surface area contributed by atoms with E-state index in [0.29, 0.717) is 30.2 Å². The molecule has 6 heteroatoms. The average Bonchev–Trinajstić information content (AvgIpc) is 3.18. The number of nitrogens with one attached hydrogen (secondary N) is 1. The van der Waals surface area contributed by atoms with Crippen LogP contribution in [0.1, 0.15) is 35.3 Å². The van der Waals surface area contributed by atoms with Crippen LogP contribution in [0.15, 0.2) is 42.5 Å². The van der Waals surface area contributed by atoms with Gasteiger partial charge in [-0.1, -0.05) is 38.1 Å². The number of ether oxygens (including phenoxy) is 2. The van der Waals surface area contributed by atoms with Gasteiger partial charge in [-0.2, -0.15) is 0 Å². The molecule has 0 aromatic heterocycles. The molecule has 0 aliphatic carbocycles. The second-order valence-corrected chi connectivity index (χ2v) is 7.54. The SMILES string of the molecule is CC(C)[C@H](NC(=O)c1ccc2c(c1)OCO2)C(=O)N1CCc2ccccc2C1. The largest absolute Gasteiger partial charge is 0.454 e. The van der Waals surface area contributed by atoms with Gasteiger partial charge in [0.05, 0.1) is 0 Å². The molecule has 0 fully saturated rings. The van der Waals surface area contributed by atoms with Crippen LogP contribution in [-0.4, -0.2) is 36.1 Å². The van der Waals surface area contributed by atoms with Crippen molar-refractivity contribution in [2.45, 2.75) is 32.9 Å². The van der Waals surface area contributed by atoms with Crippen LogP contribution in [0.5, 0.6) is 11.5 Å². The van der Waals surface area contributed by atoms with Gasteiger partial charge in [-0.25, -0.2) is 0 Å². The summed E-state index contributed by atoms with van der Waals surface area (Å²) in [6.07, 6.45) is 0.836. The van der Waals surface area contributed by atoms with E-state index in [9.17, 15) is 9.59 Å². The van der Waals surface area contributed by atoms with Crippen molar-refractivity contribution in [1.82, 2.24) is 10.2 Å². The molecule has 4 rings (SSSR count). The minimum Gasteiger partial charge on any atom is -0.454 e. The van der Waals surface area contributed by atoms with Crippen LogP contribution in [0.2, 0.25) is 0 Å². The van der Waals surface area contributed by atoms with Gasteiger partial charge in [-0.15, -0.1) is 0 Å². The van der Waals surface area contributed by atoms with Gasteiger partial charge in [0, 0.05) is 18.7 Å². The first-order valence-electron chi connectivity index (χ1n) is 9.59. The van der Waals surface area contributed by atoms with Crippen molar-refractivity contribution in [1.29, 1.82) is 0 Å². The van der Waals surface area contributed by atoms with Gasteiger partial charge in [0.25, 0.3) is 5.91 Å².